The van der Waals surface area contributed by atoms with Crippen LogP contribution in [0.5, 0.6) is 5.75 Å². The lowest BCUT2D eigenvalue weighted by molar-refractivity contribution is -0.385. The molecule has 0 aromatic heterocycles. The topological polar surface area (TPSA) is 55.6 Å². The number of ether oxygens (including phenoxy) is 1. The molecule has 5 nitrogen and oxygen atoms in total. The molecule has 5 heteroatoms. The molecule has 2 aromatic carbocycles. The second-order valence-electron chi connectivity index (χ2n) is 4.92. The van der Waals surface area contributed by atoms with Gasteiger partial charge in [0.15, 0.2) is 5.75 Å². The van der Waals surface area contributed by atoms with Crippen molar-refractivity contribution in [3.05, 3.63) is 69.8 Å². The lowest BCUT2D eigenvalue weighted by Crippen LogP contribution is -2.17. The Hall–Kier alpha value is -2.40. The van der Waals surface area contributed by atoms with Crippen molar-refractivity contribution in [1.29, 1.82) is 0 Å². The molecular weight excluding hydrogens is 268 g/mol. The van der Waals surface area contributed by atoms with Crippen LogP contribution in [0.15, 0.2) is 48.5 Å². The zero-order valence-corrected chi connectivity index (χ0v) is 12.2. The van der Waals surface area contributed by atoms with Crippen LogP contribution in [0.25, 0.3) is 0 Å². The monoisotopic (exact) mass is 286 g/mol. The van der Waals surface area contributed by atoms with Gasteiger partial charge in [-0.1, -0.05) is 36.4 Å². The molecule has 0 saturated heterocycles. The number of rotatable bonds is 6. The predicted octanol–water partition coefficient (Wildman–Crippen LogP) is 3.24. The van der Waals surface area contributed by atoms with Crippen LogP contribution in [-0.4, -0.2) is 24.0 Å². The maximum absolute atomic E-state index is 10.9. The van der Waals surface area contributed by atoms with Crippen LogP contribution < -0.4 is 4.74 Å². The smallest absolute Gasteiger partial charge is 0.310 e. The number of benzene rings is 2. The molecule has 0 heterocycles. The van der Waals surface area contributed by atoms with Gasteiger partial charge in [0, 0.05) is 19.2 Å². The van der Waals surface area contributed by atoms with E-state index in [1.807, 2.05) is 25.2 Å². The Bertz CT molecular complexity index is 614. The summed E-state index contributed by atoms with van der Waals surface area (Å²) < 4.78 is 5.09. The first-order chi connectivity index (χ1) is 10.1. The van der Waals surface area contributed by atoms with E-state index in [1.165, 1.54) is 18.7 Å². The van der Waals surface area contributed by atoms with Crippen molar-refractivity contribution in [2.24, 2.45) is 0 Å². The summed E-state index contributed by atoms with van der Waals surface area (Å²) in [5.74, 6) is 0.297. The van der Waals surface area contributed by atoms with Crippen LogP contribution in [0.3, 0.4) is 0 Å². The largest absolute Gasteiger partial charge is 0.490 e. The van der Waals surface area contributed by atoms with Crippen LogP contribution in [-0.2, 0) is 13.1 Å². The molecule has 0 radical (unpaired) electrons. The molecule has 0 aliphatic rings. The van der Waals surface area contributed by atoms with E-state index in [1.54, 1.807) is 12.1 Å². The van der Waals surface area contributed by atoms with Crippen molar-refractivity contribution in [2.75, 3.05) is 14.2 Å². The van der Waals surface area contributed by atoms with Gasteiger partial charge in [0.25, 0.3) is 0 Å². The van der Waals surface area contributed by atoms with Crippen LogP contribution in [0, 0.1) is 10.1 Å². The van der Waals surface area contributed by atoms with Gasteiger partial charge < -0.3 is 4.74 Å². The highest BCUT2D eigenvalue weighted by Crippen LogP contribution is 2.28. The summed E-state index contributed by atoms with van der Waals surface area (Å²) in [6.45, 7) is 1.52. The van der Waals surface area contributed by atoms with E-state index in [0.717, 1.165) is 12.1 Å². The third-order valence-corrected chi connectivity index (χ3v) is 3.19. The predicted molar refractivity (Wildman–Crippen MR) is 81.3 cm³/mol. The minimum atomic E-state index is -0.434. The summed E-state index contributed by atoms with van der Waals surface area (Å²) in [4.78, 5) is 12.6. The number of hydrogen-bond donors (Lipinski definition) is 0. The number of nitrogens with zero attached hydrogens (tertiary/aromatic N) is 2. The highest BCUT2D eigenvalue weighted by molar-refractivity contribution is 5.48. The summed E-state index contributed by atoms with van der Waals surface area (Å²) in [5.41, 5.74) is 2.21. The molecule has 2 aromatic rings. The Labute approximate surface area is 123 Å². The van der Waals surface area contributed by atoms with E-state index in [9.17, 15) is 10.1 Å². The van der Waals surface area contributed by atoms with Gasteiger partial charge in [0.1, 0.15) is 0 Å². The third kappa shape index (κ3) is 4.03. The minimum absolute atomic E-state index is 0.00744. The fraction of sp³-hybridized carbons (Fsp3) is 0.250. The summed E-state index contributed by atoms with van der Waals surface area (Å²) in [6, 6.07) is 15.1. The van der Waals surface area contributed by atoms with E-state index in [4.69, 9.17) is 4.74 Å². The zero-order chi connectivity index (χ0) is 15.2. The molecule has 0 aliphatic heterocycles. The van der Waals surface area contributed by atoms with E-state index < -0.39 is 4.92 Å². The third-order valence-electron chi connectivity index (χ3n) is 3.19. The van der Waals surface area contributed by atoms with Crippen molar-refractivity contribution in [2.45, 2.75) is 13.1 Å². The van der Waals surface area contributed by atoms with Crippen molar-refractivity contribution in [3.63, 3.8) is 0 Å². The van der Waals surface area contributed by atoms with Gasteiger partial charge >= 0.3 is 5.69 Å². The first kappa shape index (κ1) is 15.0. The number of nitro benzene ring substituents is 1. The van der Waals surface area contributed by atoms with Gasteiger partial charge in [-0.15, -0.1) is 0 Å². The summed E-state index contributed by atoms with van der Waals surface area (Å²) >= 11 is 0. The van der Waals surface area contributed by atoms with Crippen LogP contribution in [0.1, 0.15) is 11.1 Å². The Morgan fingerprint density at radius 1 is 1.10 bits per heavy atom. The van der Waals surface area contributed by atoms with Crippen molar-refractivity contribution in [3.8, 4) is 5.75 Å². The maximum Gasteiger partial charge on any atom is 0.310 e. The van der Waals surface area contributed by atoms with Crippen molar-refractivity contribution in [1.82, 2.24) is 4.90 Å². The molecule has 110 valence electrons. The van der Waals surface area contributed by atoms with E-state index in [-0.39, 0.29) is 5.69 Å². The fourth-order valence-electron chi connectivity index (χ4n) is 2.23. The molecule has 0 spiro atoms. The minimum Gasteiger partial charge on any atom is -0.490 e. The van der Waals surface area contributed by atoms with E-state index >= 15 is 0 Å². The van der Waals surface area contributed by atoms with Crippen LogP contribution >= 0.6 is 0 Å². The normalized spacial score (nSPS) is 10.6. The van der Waals surface area contributed by atoms with Crippen molar-refractivity contribution >= 4 is 5.69 Å². The molecule has 2 rings (SSSR count). The number of methoxy groups -OCH3 is 1. The van der Waals surface area contributed by atoms with Gasteiger partial charge in [-0.25, -0.2) is 0 Å². The first-order valence-corrected chi connectivity index (χ1v) is 6.64. The summed E-state index contributed by atoms with van der Waals surface area (Å²) in [5, 5.41) is 10.9. The first-order valence-electron chi connectivity index (χ1n) is 6.64. The Kier molecular flexibility index (Phi) is 4.90. The Balaban J connectivity index is 2.07. The lowest BCUT2D eigenvalue weighted by atomic mass is 10.1. The molecule has 0 aliphatic carbocycles. The second kappa shape index (κ2) is 6.85. The highest BCUT2D eigenvalue weighted by atomic mass is 16.6. The quantitative estimate of drug-likeness (QED) is 0.604. The highest BCUT2D eigenvalue weighted by Gasteiger charge is 2.15. The second-order valence-corrected chi connectivity index (χ2v) is 4.92. The van der Waals surface area contributed by atoms with E-state index in [0.29, 0.717) is 12.3 Å². The SMILES string of the molecule is COc1cc(CN(C)Cc2ccccc2)ccc1[N+](=O)[O-]. The van der Waals surface area contributed by atoms with Crippen LogP contribution in [0.4, 0.5) is 5.69 Å². The molecule has 0 saturated carbocycles. The maximum atomic E-state index is 10.9. The molecular formula is C16H18N2O3. The Morgan fingerprint density at radius 3 is 2.38 bits per heavy atom. The van der Waals surface area contributed by atoms with Gasteiger partial charge in [0.05, 0.1) is 12.0 Å². The standard InChI is InChI=1S/C16H18N2O3/c1-17(11-13-6-4-3-5-7-13)12-14-8-9-15(18(19)20)16(10-14)21-2/h3-10H,11-12H2,1-2H3. The molecule has 0 atom stereocenters. The summed E-state index contributed by atoms with van der Waals surface area (Å²) in [7, 11) is 3.46. The van der Waals surface area contributed by atoms with Gasteiger partial charge in [-0.2, -0.15) is 0 Å². The van der Waals surface area contributed by atoms with E-state index in [2.05, 4.69) is 17.0 Å². The van der Waals surface area contributed by atoms with Crippen molar-refractivity contribution < 1.29 is 9.66 Å². The molecule has 0 bridgehead atoms. The molecule has 21 heavy (non-hydrogen) atoms. The van der Waals surface area contributed by atoms with Crippen LogP contribution in [0.2, 0.25) is 0 Å². The average Bonchev–Trinajstić information content (AvgIpc) is 2.47. The molecule has 0 fully saturated rings. The molecule has 0 unspecified atom stereocenters. The zero-order valence-electron chi connectivity index (χ0n) is 12.2. The number of nitro groups is 1. The van der Waals surface area contributed by atoms with Gasteiger partial charge in [-0.3, -0.25) is 15.0 Å². The molecule has 0 N–H and O–H groups in total. The summed E-state index contributed by atoms with van der Waals surface area (Å²) in [6.07, 6.45) is 0. The average molecular weight is 286 g/mol. The van der Waals surface area contributed by atoms with Gasteiger partial charge in [0.2, 0.25) is 0 Å². The van der Waals surface area contributed by atoms with Gasteiger partial charge in [-0.05, 0) is 24.2 Å². The lowest BCUT2D eigenvalue weighted by Gasteiger charge is -2.17. The Morgan fingerprint density at radius 2 is 1.76 bits per heavy atom. The number of hydrogen-bond acceptors (Lipinski definition) is 4. The fourth-order valence-corrected chi connectivity index (χ4v) is 2.23. The molecule has 0 amide bonds.